The van der Waals surface area contributed by atoms with Crippen molar-refractivity contribution in [3.05, 3.63) is 35.4 Å². The van der Waals surface area contributed by atoms with E-state index in [0.717, 1.165) is 6.07 Å². The molecule has 3 atom stereocenters. The van der Waals surface area contributed by atoms with Gasteiger partial charge in [0.2, 0.25) is 7.85 Å². The molecule has 0 saturated carbocycles. The number of nitrogens with zero attached hydrogens (tertiary/aromatic N) is 1. The number of benzene rings is 1. The first-order valence-electron chi connectivity index (χ1n) is 7.80. The molecule has 124 valence electrons. The topological polar surface area (TPSA) is 42.1 Å². The van der Waals surface area contributed by atoms with E-state index in [-0.39, 0.29) is 24.1 Å². The third-order valence-electron chi connectivity index (χ3n) is 4.38. The van der Waals surface area contributed by atoms with Gasteiger partial charge in [-0.25, -0.2) is 8.78 Å². The van der Waals surface area contributed by atoms with Crippen LogP contribution in [-0.2, 0) is 15.9 Å². The predicted molar refractivity (Wildman–Crippen MR) is 82.9 cm³/mol. The number of ether oxygens (including phenoxy) is 2. The molecule has 1 aromatic carbocycles. The molecule has 0 N–H and O–H groups in total. The van der Waals surface area contributed by atoms with Crippen molar-refractivity contribution < 1.29 is 23.0 Å². The highest BCUT2D eigenvalue weighted by Crippen LogP contribution is 2.37. The van der Waals surface area contributed by atoms with Crippen LogP contribution < -0.4 is 0 Å². The van der Waals surface area contributed by atoms with Crippen LogP contribution in [0.1, 0.15) is 25.8 Å². The van der Waals surface area contributed by atoms with E-state index in [2.05, 4.69) is 0 Å². The fraction of sp³-hybridized carbons (Fsp3) is 0.562. The van der Waals surface area contributed by atoms with Gasteiger partial charge >= 0.3 is 0 Å². The standard InChI is InChI=1S/C16H20BF2NO3/c1-16(2)20(15(17)21)13(14(23-16)7-12-8-22-12)5-9-3-10(18)6-11(19)4-9/h3-4,6,12-14H,5,7-8,17H2,1-2H3/t12-,13+,14-/m1/s1. The second-order valence-electron chi connectivity index (χ2n) is 6.73. The highest BCUT2D eigenvalue weighted by molar-refractivity contribution is 6.57. The lowest BCUT2D eigenvalue weighted by molar-refractivity contribution is -0.0606. The van der Waals surface area contributed by atoms with Gasteiger partial charge < -0.3 is 14.4 Å². The fourth-order valence-electron chi connectivity index (χ4n) is 3.55. The first-order chi connectivity index (χ1) is 10.8. The number of epoxide rings is 1. The third-order valence-corrected chi connectivity index (χ3v) is 4.38. The van der Waals surface area contributed by atoms with Gasteiger partial charge in [0.25, 0.3) is 0 Å². The van der Waals surface area contributed by atoms with Crippen molar-refractivity contribution in [1.82, 2.24) is 4.90 Å². The van der Waals surface area contributed by atoms with E-state index in [0.29, 0.717) is 25.0 Å². The second-order valence-corrected chi connectivity index (χ2v) is 6.73. The Morgan fingerprint density at radius 3 is 2.48 bits per heavy atom. The van der Waals surface area contributed by atoms with Crippen LogP contribution in [0.15, 0.2) is 18.2 Å². The second kappa shape index (κ2) is 5.87. The Labute approximate surface area is 135 Å². The highest BCUT2D eigenvalue weighted by Gasteiger charge is 2.49. The monoisotopic (exact) mass is 323 g/mol. The van der Waals surface area contributed by atoms with Gasteiger partial charge in [0.15, 0.2) is 5.81 Å². The smallest absolute Gasteiger partial charge is 0.216 e. The number of carbonyl (C=O) groups excluding carboxylic acids is 1. The maximum absolute atomic E-state index is 13.5. The molecule has 0 bridgehead atoms. The fourth-order valence-corrected chi connectivity index (χ4v) is 3.55. The van der Waals surface area contributed by atoms with Crippen LogP contribution in [0.25, 0.3) is 0 Å². The van der Waals surface area contributed by atoms with Gasteiger partial charge in [-0.15, -0.1) is 0 Å². The molecule has 4 nitrogen and oxygen atoms in total. The molecule has 0 unspecified atom stereocenters. The summed E-state index contributed by atoms with van der Waals surface area (Å²) in [5, 5.41) is 0. The van der Waals surface area contributed by atoms with E-state index in [1.807, 2.05) is 13.8 Å². The number of carbonyl (C=O) groups is 1. The molecule has 0 radical (unpaired) electrons. The van der Waals surface area contributed by atoms with Crippen LogP contribution in [0.4, 0.5) is 13.6 Å². The summed E-state index contributed by atoms with van der Waals surface area (Å²) in [6.45, 7) is 4.37. The number of amides is 1. The molecule has 1 aromatic rings. The third kappa shape index (κ3) is 3.56. The van der Waals surface area contributed by atoms with Crippen LogP contribution in [0.2, 0.25) is 0 Å². The maximum atomic E-state index is 13.5. The van der Waals surface area contributed by atoms with Crippen molar-refractivity contribution >= 4 is 13.7 Å². The molecule has 1 amide bonds. The molecule has 7 heteroatoms. The first kappa shape index (κ1) is 16.4. The summed E-state index contributed by atoms with van der Waals surface area (Å²) >= 11 is 0. The van der Waals surface area contributed by atoms with E-state index in [9.17, 15) is 13.6 Å². The SMILES string of the molecule is BC(=O)N1[C@@H](Cc2cc(F)cc(F)c2)[C@@H](C[C@@H]2CO2)OC1(C)C. The van der Waals surface area contributed by atoms with Gasteiger partial charge in [-0.05, 0) is 38.0 Å². The molecule has 2 saturated heterocycles. The first-order valence-corrected chi connectivity index (χ1v) is 7.80. The number of halogens is 2. The number of hydrogen-bond donors (Lipinski definition) is 0. The minimum Gasteiger partial charge on any atom is -0.373 e. The van der Waals surface area contributed by atoms with Gasteiger partial charge in [-0.2, -0.15) is 0 Å². The summed E-state index contributed by atoms with van der Waals surface area (Å²) < 4.78 is 38.2. The van der Waals surface area contributed by atoms with Gasteiger partial charge in [0, 0.05) is 12.5 Å². The molecule has 0 aromatic heterocycles. The van der Waals surface area contributed by atoms with Crippen molar-refractivity contribution in [1.29, 1.82) is 0 Å². The van der Waals surface area contributed by atoms with Crippen molar-refractivity contribution in [2.24, 2.45) is 0 Å². The zero-order chi connectivity index (χ0) is 16.8. The minimum atomic E-state index is -0.748. The summed E-state index contributed by atoms with van der Waals surface area (Å²) in [5.74, 6) is -1.35. The van der Waals surface area contributed by atoms with Crippen molar-refractivity contribution in [3.63, 3.8) is 0 Å². The van der Waals surface area contributed by atoms with Crippen molar-refractivity contribution in [3.8, 4) is 0 Å². The average Bonchev–Trinajstić information content (AvgIpc) is 3.14. The summed E-state index contributed by atoms with van der Waals surface area (Å²) in [4.78, 5) is 13.8. The Balaban J connectivity index is 1.87. The molecule has 3 rings (SSSR count). The van der Waals surface area contributed by atoms with E-state index in [1.54, 1.807) is 4.90 Å². The van der Waals surface area contributed by atoms with Crippen molar-refractivity contribution in [2.45, 2.75) is 50.7 Å². The van der Waals surface area contributed by atoms with E-state index in [1.165, 1.54) is 20.0 Å². The zero-order valence-electron chi connectivity index (χ0n) is 13.5. The van der Waals surface area contributed by atoms with Crippen LogP contribution in [-0.4, -0.2) is 49.1 Å². The molecule has 2 aliphatic heterocycles. The largest absolute Gasteiger partial charge is 0.373 e. The van der Waals surface area contributed by atoms with Crippen LogP contribution >= 0.6 is 0 Å². The molecule has 2 aliphatic rings. The lowest BCUT2D eigenvalue weighted by atomic mass is 9.94. The summed E-state index contributed by atoms with van der Waals surface area (Å²) in [7, 11) is 1.49. The Morgan fingerprint density at radius 2 is 1.96 bits per heavy atom. The Morgan fingerprint density at radius 1 is 1.35 bits per heavy atom. The molecule has 0 aliphatic carbocycles. The molecule has 0 spiro atoms. The normalized spacial score (nSPS) is 28.9. The predicted octanol–water partition coefficient (Wildman–Crippen LogP) is 1.85. The van der Waals surface area contributed by atoms with Gasteiger partial charge in [-0.1, -0.05) is 0 Å². The molecule has 2 fully saturated rings. The number of hydrogen-bond acceptors (Lipinski definition) is 3. The van der Waals surface area contributed by atoms with Crippen LogP contribution in [0.3, 0.4) is 0 Å². The maximum Gasteiger partial charge on any atom is 0.216 e. The lowest BCUT2D eigenvalue weighted by Gasteiger charge is -2.33. The molecule has 23 heavy (non-hydrogen) atoms. The zero-order valence-corrected chi connectivity index (χ0v) is 13.5. The molecular formula is C16H20BF2NO3. The quantitative estimate of drug-likeness (QED) is 0.627. The van der Waals surface area contributed by atoms with Gasteiger partial charge in [0.05, 0.1) is 24.9 Å². The summed E-state index contributed by atoms with van der Waals surface area (Å²) in [6.07, 6.45) is 0.951. The number of rotatable bonds is 4. The van der Waals surface area contributed by atoms with Gasteiger partial charge in [-0.3, -0.25) is 4.79 Å². The van der Waals surface area contributed by atoms with E-state index in [4.69, 9.17) is 9.47 Å². The van der Waals surface area contributed by atoms with E-state index >= 15 is 0 Å². The van der Waals surface area contributed by atoms with Gasteiger partial charge in [0.1, 0.15) is 17.4 Å². The minimum absolute atomic E-state index is 0.115. The lowest BCUT2D eigenvalue weighted by Crippen LogP contribution is -2.48. The molecular weight excluding hydrogens is 303 g/mol. The van der Waals surface area contributed by atoms with Crippen LogP contribution in [0.5, 0.6) is 0 Å². The summed E-state index contributed by atoms with van der Waals surface area (Å²) in [5.41, 5.74) is -0.233. The Kier molecular flexibility index (Phi) is 4.18. The molecule has 2 heterocycles. The van der Waals surface area contributed by atoms with Crippen LogP contribution in [0, 0.1) is 11.6 Å². The average molecular weight is 323 g/mol. The summed E-state index contributed by atoms with van der Waals surface area (Å²) in [6, 6.07) is 3.18. The van der Waals surface area contributed by atoms with Crippen molar-refractivity contribution in [2.75, 3.05) is 6.61 Å². The highest BCUT2D eigenvalue weighted by atomic mass is 19.1. The Bertz CT molecular complexity index is 601. The van der Waals surface area contributed by atoms with E-state index < -0.39 is 17.4 Å². The Hall–Kier alpha value is -1.47.